The summed E-state index contributed by atoms with van der Waals surface area (Å²) in [7, 11) is 6.07. The molecule has 0 N–H and O–H groups in total. The second-order valence-electron chi connectivity index (χ2n) is 7.69. The van der Waals surface area contributed by atoms with Gasteiger partial charge in [0.15, 0.2) is 0 Å². The lowest BCUT2D eigenvalue weighted by molar-refractivity contribution is 0.632. The molecule has 0 spiro atoms. The quantitative estimate of drug-likeness (QED) is 0.506. The van der Waals surface area contributed by atoms with Gasteiger partial charge in [-0.25, -0.2) is 9.59 Å². The molecule has 0 fully saturated rings. The molecule has 1 atom stereocenters. The second kappa shape index (κ2) is 7.12. The summed E-state index contributed by atoms with van der Waals surface area (Å²) >= 11 is 0. The maximum Gasteiger partial charge on any atom is 0.330 e. The van der Waals surface area contributed by atoms with Crippen molar-refractivity contribution in [1.29, 1.82) is 0 Å². The van der Waals surface area contributed by atoms with E-state index in [0.29, 0.717) is 21.8 Å². The van der Waals surface area contributed by atoms with E-state index < -0.39 is 28.5 Å². The van der Waals surface area contributed by atoms with Gasteiger partial charge in [0.05, 0.1) is 22.2 Å². The summed E-state index contributed by atoms with van der Waals surface area (Å²) in [5.74, 6) is 0. The normalized spacial score (nSPS) is 15.3. The summed E-state index contributed by atoms with van der Waals surface area (Å²) < 4.78 is 4.94. The van der Waals surface area contributed by atoms with E-state index in [2.05, 4.69) is 0 Å². The molecule has 0 amide bonds. The number of rotatable bonds is 2. The lowest BCUT2D eigenvalue weighted by Gasteiger charge is -2.32. The number of hydrogen-bond acceptors (Lipinski definition) is 5. The molecule has 1 aliphatic heterocycles. The van der Waals surface area contributed by atoms with Crippen molar-refractivity contribution in [2.24, 2.45) is 28.2 Å². The SMILES string of the molecule is Cc1c(C2C=c3c(=O)n(C)c(=O)n(C)c3=CN2c2ccccc2)c(=O)n(C)c(=O)n1C. The Morgan fingerprint density at radius 2 is 1.32 bits per heavy atom. The molecular weight excluding hydrogens is 398 g/mol. The highest BCUT2D eigenvalue weighted by Crippen LogP contribution is 2.29. The molecule has 0 saturated carbocycles. The third-order valence-electron chi connectivity index (χ3n) is 5.98. The fraction of sp³-hybridized carbons (Fsp3) is 0.273. The van der Waals surface area contributed by atoms with Gasteiger partial charge in [0.25, 0.3) is 11.1 Å². The molecule has 31 heavy (non-hydrogen) atoms. The van der Waals surface area contributed by atoms with E-state index >= 15 is 0 Å². The van der Waals surface area contributed by atoms with Crippen molar-refractivity contribution >= 4 is 18.0 Å². The largest absolute Gasteiger partial charge is 0.335 e. The molecular formula is C22H23N5O4. The number of fused-ring (bicyclic) bond motifs is 1. The molecule has 0 bridgehead atoms. The highest BCUT2D eigenvalue weighted by molar-refractivity contribution is 5.67. The van der Waals surface area contributed by atoms with Crippen molar-refractivity contribution in [2.45, 2.75) is 13.0 Å². The Bertz CT molecular complexity index is 1570. The van der Waals surface area contributed by atoms with Gasteiger partial charge >= 0.3 is 11.4 Å². The minimum Gasteiger partial charge on any atom is -0.335 e. The first-order valence-corrected chi connectivity index (χ1v) is 9.74. The fourth-order valence-corrected chi connectivity index (χ4v) is 4.02. The van der Waals surface area contributed by atoms with Gasteiger partial charge < -0.3 is 9.47 Å². The molecule has 1 aromatic carbocycles. The van der Waals surface area contributed by atoms with Gasteiger partial charge in [0, 0.05) is 45.8 Å². The van der Waals surface area contributed by atoms with Crippen molar-refractivity contribution in [3.63, 3.8) is 0 Å². The number of benzene rings is 1. The number of anilines is 1. The monoisotopic (exact) mass is 421 g/mol. The van der Waals surface area contributed by atoms with Crippen LogP contribution in [-0.4, -0.2) is 18.3 Å². The van der Waals surface area contributed by atoms with Gasteiger partial charge in [0.1, 0.15) is 0 Å². The third kappa shape index (κ3) is 2.92. The van der Waals surface area contributed by atoms with Gasteiger partial charge in [-0.15, -0.1) is 0 Å². The van der Waals surface area contributed by atoms with Crippen LogP contribution in [0.5, 0.6) is 0 Å². The molecule has 9 heteroatoms. The summed E-state index contributed by atoms with van der Waals surface area (Å²) in [6.07, 6.45) is 3.40. The zero-order valence-corrected chi connectivity index (χ0v) is 18.0. The van der Waals surface area contributed by atoms with Crippen molar-refractivity contribution in [1.82, 2.24) is 18.3 Å². The fourth-order valence-electron chi connectivity index (χ4n) is 4.02. The van der Waals surface area contributed by atoms with Crippen LogP contribution in [0.25, 0.3) is 12.3 Å². The maximum absolute atomic E-state index is 13.2. The maximum atomic E-state index is 13.2. The summed E-state index contributed by atoms with van der Waals surface area (Å²) in [4.78, 5) is 52.8. The minimum atomic E-state index is -0.648. The number of aromatic nitrogens is 4. The van der Waals surface area contributed by atoms with Crippen LogP contribution in [0.4, 0.5) is 5.69 Å². The first-order valence-electron chi connectivity index (χ1n) is 9.74. The number of hydrogen-bond donors (Lipinski definition) is 0. The van der Waals surface area contributed by atoms with Crippen LogP contribution in [0, 0.1) is 6.92 Å². The van der Waals surface area contributed by atoms with Crippen molar-refractivity contribution in [3.8, 4) is 0 Å². The molecule has 4 rings (SSSR count). The van der Waals surface area contributed by atoms with E-state index in [4.69, 9.17) is 0 Å². The van der Waals surface area contributed by atoms with Gasteiger partial charge in [0.2, 0.25) is 0 Å². The predicted octanol–water partition coefficient (Wildman–Crippen LogP) is -1.43. The van der Waals surface area contributed by atoms with Crippen molar-refractivity contribution in [3.05, 3.63) is 93.8 Å². The second-order valence-corrected chi connectivity index (χ2v) is 7.69. The number of nitrogens with zero attached hydrogens (tertiary/aromatic N) is 5. The van der Waals surface area contributed by atoms with Crippen LogP contribution in [0.3, 0.4) is 0 Å². The van der Waals surface area contributed by atoms with E-state index in [-0.39, 0.29) is 0 Å². The zero-order chi connectivity index (χ0) is 22.6. The van der Waals surface area contributed by atoms with Gasteiger partial charge in [-0.3, -0.25) is 23.3 Å². The predicted molar refractivity (Wildman–Crippen MR) is 118 cm³/mol. The van der Waals surface area contributed by atoms with Crippen LogP contribution in [-0.2, 0) is 28.2 Å². The standard InChI is InChI=1S/C22H23N5O4/c1-13-18(20(29)26(5)21(30)23(13)2)16-11-15-17(24(3)22(31)25(4)19(15)28)12-27(16)14-9-7-6-8-10-14/h6-12,16H,1-5H3. The Kier molecular flexibility index (Phi) is 4.68. The average Bonchev–Trinajstić information content (AvgIpc) is 2.79. The van der Waals surface area contributed by atoms with Crippen LogP contribution in [0.2, 0.25) is 0 Å². The molecule has 1 aliphatic rings. The Hall–Kier alpha value is -3.88. The minimum absolute atomic E-state index is 0.331. The zero-order valence-electron chi connectivity index (χ0n) is 18.0. The lowest BCUT2D eigenvalue weighted by atomic mass is 10.0. The summed E-state index contributed by atoms with van der Waals surface area (Å²) in [6.45, 7) is 1.71. The van der Waals surface area contributed by atoms with E-state index in [1.165, 1.54) is 23.2 Å². The van der Waals surface area contributed by atoms with Crippen LogP contribution in [0.15, 0.2) is 49.5 Å². The molecule has 0 radical (unpaired) electrons. The summed E-state index contributed by atoms with van der Waals surface area (Å²) in [5, 5.41) is 0.782. The number of para-hydroxylation sites is 1. The van der Waals surface area contributed by atoms with Crippen molar-refractivity contribution in [2.75, 3.05) is 4.90 Å². The Morgan fingerprint density at radius 1 is 0.742 bits per heavy atom. The lowest BCUT2D eigenvalue weighted by Crippen LogP contribution is -2.59. The van der Waals surface area contributed by atoms with Crippen molar-refractivity contribution < 1.29 is 0 Å². The highest BCUT2D eigenvalue weighted by Gasteiger charge is 2.28. The highest BCUT2D eigenvalue weighted by atomic mass is 16.2. The smallest absolute Gasteiger partial charge is 0.330 e. The van der Waals surface area contributed by atoms with Gasteiger partial charge in [-0.2, -0.15) is 0 Å². The topological polar surface area (TPSA) is 91.2 Å². The van der Waals surface area contributed by atoms with Crippen LogP contribution >= 0.6 is 0 Å². The first-order chi connectivity index (χ1) is 14.6. The molecule has 3 aromatic rings. The van der Waals surface area contributed by atoms with E-state index in [9.17, 15) is 19.2 Å². The van der Waals surface area contributed by atoms with Crippen LogP contribution < -0.4 is 38.0 Å². The molecule has 0 saturated heterocycles. The summed E-state index contributed by atoms with van der Waals surface area (Å²) in [6, 6.07) is 8.72. The third-order valence-corrected chi connectivity index (χ3v) is 5.98. The van der Waals surface area contributed by atoms with Gasteiger partial charge in [-0.05, 0) is 25.1 Å². The Morgan fingerprint density at radius 3 is 1.97 bits per heavy atom. The van der Waals surface area contributed by atoms with E-state index in [0.717, 1.165) is 14.8 Å². The Labute approximate surface area is 176 Å². The molecule has 3 heterocycles. The molecule has 1 unspecified atom stereocenters. The average molecular weight is 421 g/mol. The van der Waals surface area contributed by atoms with Gasteiger partial charge in [-0.1, -0.05) is 18.2 Å². The molecule has 160 valence electrons. The van der Waals surface area contributed by atoms with E-state index in [1.54, 1.807) is 33.3 Å². The first kappa shape index (κ1) is 20.4. The summed E-state index contributed by atoms with van der Waals surface area (Å²) in [5.41, 5.74) is -0.0597. The van der Waals surface area contributed by atoms with Crippen LogP contribution in [0.1, 0.15) is 17.3 Å². The molecule has 0 aliphatic carbocycles. The molecule has 9 nitrogen and oxygen atoms in total. The van der Waals surface area contributed by atoms with E-state index in [1.807, 2.05) is 35.2 Å². The Balaban J connectivity index is 2.18. The molecule has 2 aromatic heterocycles.